The molecule has 27 heavy (non-hydrogen) atoms. The van der Waals surface area contributed by atoms with E-state index in [0.717, 1.165) is 19.3 Å². The maximum atomic E-state index is 12.3. The molecule has 7 heteroatoms. The van der Waals surface area contributed by atoms with Crippen molar-refractivity contribution >= 4 is 35.0 Å². The van der Waals surface area contributed by atoms with Crippen molar-refractivity contribution in [2.75, 3.05) is 6.61 Å². The Kier molecular flexibility index (Phi) is 4.52. The topological polar surface area (TPSA) is 67.4 Å². The molecule has 0 aromatic heterocycles. The zero-order valence-electron chi connectivity index (χ0n) is 14.4. The molecule has 0 radical (unpaired) electrons. The lowest BCUT2D eigenvalue weighted by Crippen LogP contribution is -2.84. The number of hydrogen-bond acceptors (Lipinski definition) is 3. The average Bonchev–Trinajstić information content (AvgIpc) is 2.60. The molecule has 5 nitrogen and oxygen atoms in total. The minimum absolute atomic E-state index is 0.0711. The van der Waals surface area contributed by atoms with Gasteiger partial charge in [-0.3, -0.25) is 9.59 Å². The minimum atomic E-state index is -0.220. The van der Waals surface area contributed by atoms with Gasteiger partial charge in [0.1, 0.15) is 5.75 Å². The van der Waals surface area contributed by atoms with Gasteiger partial charge in [-0.25, -0.2) is 0 Å². The predicted molar refractivity (Wildman–Crippen MR) is 103 cm³/mol. The molecular weight excluding hydrogens is 387 g/mol. The van der Waals surface area contributed by atoms with E-state index < -0.39 is 0 Å². The van der Waals surface area contributed by atoms with Crippen LogP contribution in [0.1, 0.15) is 29.6 Å². The summed E-state index contributed by atoms with van der Waals surface area (Å²) in [4.78, 5) is 24.4. The van der Waals surface area contributed by atoms with Crippen molar-refractivity contribution < 1.29 is 14.3 Å². The first kappa shape index (κ1) is 18.1. The number of rotatable bonds is 6. The van der Waals surface area contributed by atoms with Crippen molar-refractivity contribution in [1.29, 1.82) is 0 Å². The van der Waals surface area contributed by atoms with Gasteiger partial charge in [-0.2, -0.15) is 0 Å². The third-order valence-electron chi connectivity index (χ3n) is 5.11. The largest absolute Gasteiger partial charge is 0.484 e. The fourth-order valence-electron chi connectivity index (χ4n) is 4.00. The van der Waals surface area contributed by atoms with Gasteiger partial charge in [0.2, 0.25) is 0 Å². The highest BCUT2D eigenvalue weighted by Gasteiger charge is 2.69. The second-order valence-electron chi connectivity index (χ2n) is 7.32. The Hall–Kier alpha value is -2.24. The Morgan fingerprint density at radius 2 is 1.59 bits per heavy atom. The van der Waals surface area contributed by atoms with E-state index in [2.05, 4.69) is 10.6 Å². The van der Waals surface area contributed by atoms with Crippen LogP contribution >= 0.6 is 23.2 Å². The molecule has 2 bridgehead atoms. The fourth-order valence-corrected chi connectivity index (χ4v) is 4.29. The first-order valence-electron chi connectivity index (χ1n) is 8.65. The molecule has 3 saturated carbocycles. The van der Waals surface area contributed by atoms with Gasteiger partial charge in [0.05, 0.1) is 10.0 Å². The van der Waals surface area contributed by atoms with Crippen molar-refractivity contribution in [2.45, 2.75) is 30.3 Å². The number of carbonyl (C=O) groups excluding carboxylic acids is 2. The zero-order valence-corrected chi connectivity index (χ0v) is 15.9. The van der Waals surface area contributed by atoms with Crippen molar-refractivity contribution in [2.24, 2.45) is 0 Å². The molecule has 3 aliphatic rings. The van der Waals surface area contributed by atoms with E-state index in [-0.39, 0.29) is 29.5 Å². The van der Waals surface area contributed by atoms with Gasteiger partial charge in [-0.1, -0.05) is 41.4 Å². The zero-order chi connectivity index (χ0) is 19.1. The van der Waals surface area contributed by atoms with Crippen molar-refractivity contribution in [1.82, 2.24) is 10.6 Å². The summed E-state index contributed by atoms with van der Waals surface area (Å²) in [5, 5.41) is 6.93. The molecule has 0 unspecified atom stereocenters. The Morgan fingerprint density at radius 1 is 0.926 bits per heavy atom. The fraction of sp³-hybridized carbons (Fsp3) is 0.300. The SMILES string of the molecule is O=C(COc1ccc(Cl)c(Cl)c1)NC12CC(NC(=O)c3ccccc3)(C1)C2. The lowest BCUT2D eigenvalue weighted by atomic mass is 9.44. The molecule has 2 amide bonds. The van der Waals surface area contributed by atoms with Crippen LogP contribution in [0.25, 0.3) is 0 Å². The van der Waals surface area contributed by atoms with Gasteiger partial charge < -0.3 is 15.4 Å². The van der Waals surface area contributed by atoms with E-state index in [0.29, 0.717) is 21.4 Å². The Labute approximate surface area is 167 Å². The summed E-state index contributed by atoms with van der Waals surface area (Å²) in [5.41, 5.74) is 0.239. The third kappa shape index (κ3) is 3.62. The summed E-state index contributed by atoms with van der Waals surface area (Å²) in [6, 6.07) is 14.0. The van der Waals surface area contributed by atoms with Crippen LogP contribution in [0.3, 0.4) is 0 Å². The van der Waals surface area contributed by atoms with E-state index in [9.17, 15) is 9.59 Å². The molecule has 2 N–H and O–H groups in total. The number of halogens is 2. The maximum Gasteiger partial charge on any atom is 0.258 e. The third-order valence-corrected chi connectivity index (χ3v) is 5.85. The van der Waals surface area contributed by atoms with Gasteiger partial charge in [0.25, 0.3) is 11.8 Å². The lowest BCUT2D eigenvalue weighted by Gasteiger charge is -2.70. The number of benzene rings is 2. The van der Waals surface area contributed by atoms with E-state index in [1.54, 1.807) is 30.3 Å². The van der Waals surface area contributed by atoms with Crippen LogP contribution in [-0.4, -0.2) is 29.5 Å². The quantitative estimate of drug-likeness (QED) is 0.772. The van der Waals surface area contributed by atoms with Crippen molar-refractivity contribution in [3.63, 3.8) is 0 Å². The summed E-state index contributed by atoms with van der Waals surface area (Å²) in [7, 11) is 0. The van der Waals surface area contributed by atoms with Gasteiger partial charge in [-0.15, -0.1) is 0 Å². The molecule has 3 fully saturated rings. The first-order valence-corrected chi connectivity index (χ1v) is 9.41. The number of nitrogens with one attached hydrogen (secondary N) is 2. The van der Waals surface area contributed by atoms with E-state index in [1.807, 2.05) is 18.2 Å². The molecule has 3 aliphatic carbocycles. The standard InChI is InChI=1S/C20H18Cl2N2O3/c21-15-7-6-14(8-16(15)22)27-9-17(25)23-19-10-20(11-19,12-19)24-18(26)13-4-2-1-3-5-13/h1-8H,9-12H2,(H,23,25)(H,24,26). The first-order chi connectivity index (χ1) is 12.9. The molecule has 0 aliphatic heterocycles. The molecule has 0 saturated heterocycles. The average molecular weight is 405 g/mol. The van der Waals surface area contributed by atoms with Crippen LogP contribution < -0.4 is 15.4 Å². The predicted octanol–water partition coefficient (Wildman–Crippen LogP) is 3.59. The molecule has 2 aromatic rings. The Bertz CT molecular complexity index is 882. The maximum absolute atomic E-state index is 12.3. The van der Waals surface area contributed by atoms with Gasteiger partial charge in [-0.05, 0) is 43.5 Å². The highest BCUT2D eigenvalue weighted by atomic mass is 35.5. The van der Waals surface area contributed by atoms with Crippen LogP contribution in [0, 0.1) is 0 Å². The number of hydrogen-bond donors (Lipinski definition) is 2. The van der Waals surface area contributed by atoms with Crippen LogP contribution in [0.2, 0.25) is 10.0 Å². The van der Waals surface area contributed by atoms with Crippen LogP contribution in [0.4, 0.5) is 0 Å². The normalized spacial score (nSPS) is 25.0. The summed E-state index contributed by atoms with van der Waals surface area (Å²) in [5.74, 6) is 0.227. The lowest BCUT2D eigenvalue weighted by molar-refractivity contribution is -0.141. The van der Waals surface area contributed by atoms with E-state index >= 15 is 0 Å². The van der Waals surface area contributed by atoms with Gasteiger partial charge in [0, 0.05) is 22.7 Å². The molecule has 5 rings (SSSR count). The minimum Gasteiger partial charge on any atom is -0.484 e. The van der Waals surface area contributed by atoms with E-state index in [4.69, 9.17) is 27.9 Å². The molecular formula is C20H18Cl2N2O3. The Balaban J connectivity index is 1.24. The highest BCUT2D eigenvalue weighted by molar-refractivity contribution is 6.42. The molecule has 0 spiro atoms. The number of amides is 2. The summed E-state index contributed by atoms with van der Waals surface area (Å²) in [6.45, 7) is -0.0942. The summed E-state index contributed by atoms with van der Waals surface area (Å²) < 4.78 is 5.46. The molecule has 2 aromatic carbocycles. The summed E-state index contributed by atoms with van der Waals surface area (Å²) >= 11 is 11.8. The highest BCUT2D eigenvalue weighted by Crippen LogP contribution is 2.60. The number of ether oxygens (including phenoxy) is 1. The van der Waals surface area contributed by atoms with Crippen molar-refractivity contribution in [3.05, 3.63) is 64.1 Å². The van der Waals surface area contributed by atoms with Crippen LogP contribution in [-0.2, 0) is 4.79 Å². The summed E-state index contributed by atoms with van der Waals surface area (Å²) in [6.07, 6.45) is 2.24. The number of carbonyl (C=O) groups is 2. The molecule has 0 heterocycles. The van der Waals surface area contributed by atoms with Gasteiger partial charge >= 0.3 is 0 Å². The Morgan fingerprint density at radius 3 is 2.26 bits per heavy atom. The van der Waals surface area contributed by atoms with Crippen LogP contribution in [0.15, 0.2) is 48.5 Å². The molecule has 0 atom stereocenters. The molecule has 140 valence electrons. The second-order valence-corrected chi connectivity index (χ2v) is 8.14. The second kappa shape index (κ2) is 6.73. The van der Waals surface area contributed by atoms with Crippen LogP contribution in [0.5, 0.6) is 5.75 Å². The van der Waals surface area contributed by atoms with Crippen molar-refractivity contribution in [3.8, 4) is 5.75 Å². The van der Waals surface area contributed by atoms with Gasteiger partial charge in [0.15, 0.2) is 6.61 Å². The monoisotopic (exact) mass is 404 g/mol. The van der Waals surface area contributed by atoms with E-state index in [1.165, 1.54) is 0 Å². The smallest absolute Gasteiger partial charge is 0.258 e.